The molecule has 0 spiro atoms. The third-order valence-corrected chi connectivity index (χ3v) is 5.58. The maximum absolute atomic E-state index is 13.1. The van der Waals surface area contributed by atoms with Crippen LogP contribution in [0.3, 0.4) is 0 Å². The van der Waals surface area contributed by atoms with Crippen LogP contribution < -0.4 is 5.32 Å². The van der Waals surface area contributed by atoms with Gasteiger partial charge < -0.3 is 9.73 Å². The maximum Gasteiger partial charge on any atom is 0.225 e. The van der Waals surface area contributed by atoms with Crippen molar-refractivity contribution in [2.24, 2.45) is 5.41 Å². The lowest BCUT2D eigenvalue weighted by Gasteiger charge is -2.21. The standard InChI is InChI=1S/C17H20FNO4S/c1-17(2,3)16(20)19-11-15(14-5-4-10-23-14)24(21,22)13-8-6-12(18)7-9-13/h4-10,15H,11H2,1-3H3,(H,19,20). The first-order chi connectivity index (χ1) is 11.1. The maximum atomic E-state index is 13.1. The Morgan fingerprint density at radius 3 is 2.33 bits per heavy atom. The number of halogens is 1. The normalized spacial score (nSPS) is 13.5. The van der Waals surface area contributed by atoms with Crippen molar-refractivity contribution in [3.8, 4) is 0 Å². The molecule has 1 heterocycles. The second-order valence-electron chi connectivity index (χ2n) is 6.46. The van der Waals surface area contributed by atoms with Gasteiger partial charge >= 0.3 is 0 Å². The Labute approximate surface area is 140 Å². The average Bonchev–Trinajstić information content (AvgIpc) is 3.00. The molecule has 5 nitrogen and oxygen atoms in total. The third-order valence-electron chi connectivity index (χ3n) is 3.51. The Morgan fingerprint density at radius 2 is 1.83 bits per heavy atom. The first-order valence-electron chi connectivity index (χ1n) is 7.43. The molecular weight excluding hydrogens is 333 g/mol. The van der Waals surface area contributed by atoms with Gasteiger partial charge in [0.05, 0.1) is 11.2 Å². The second kappa shape index (κ2) is 6.76. The van der Waals surface area contributed by atoms with E-state index >= 15 is 0 Å². The van der Waals surface area contributed by atoms with Crippen LogP contribution in [-0.4, -0.2) is 20.9 Å². The lowest BCUT2D eigenvalue weighted by molar-refractivity contribution is -0.128. The minimum Gasteiger partial charge on any atom is -0.468 e. The molecule has 1 unspecified atom stereocenters. The van der Waals surface area contributed by atoms with Crippen LogP contribution in [0.25, 0.3) is 0 Å². The molecule has 0 aliphatic heterocycles. The topological polar surface area (TPSA) is 76.4 Å². The summed E-state index contributed by atoms with van der Waals surface area (Å²) >= 11 is 0. The number of amides is 1. The minimum absolute atomic E-state index is 0.0321. The van der Waals surface area contributed by atoms with Crippen LogP contribution in [0.15, 0.2) is 52.0 Å². The molecule has 0 radical (unpaired) electrons. The summed E-state index contributed by atoms with van der Waals surface area (Å²) in [4.78, 5) is 12.0. The van der Waals surface area contributed by atoms with Crippen molar-refractivity contribution in [1.29, 1.82) is 0 Å². The molecular formula is C17H20FNO4S. The monoisotopic (exact) mass is 353 g/mol. The summed E-state index contributed by atoms with van der Waals surface area (Å²) in [6.45, 7) is 5.07. The summed E-state index contributed by atoms with van der Waals surface area (Å²) < 4.78 is 44.0. The smallest absolute Gasteiger partial charge is 0.225 e. The van der Waals surface area contributed by atoms with Crippen LogP contribution in [0, 0.1) is 11.2 Å². The van der Waals surface area contributed by atoms with Crippen LogP contribution in [0.5, 0.6) is 0 Å². The fourth-order valence-corrected chi connectivity index (χ4v) is 3.66. The zero-order valence-corrected chi connectivity index (χ0v) is 14.6. The number of benzene rings is 1. The minimum atomic E-state index is -3.86. The summed E-state index contributed by atoms with van der Waals surface area (Å²) in [5, 5.41) is 1.55. The van der Waals surface area contributed by atoms with Crippen molar-refractivity contribution in [2.45, 2.75) is 30.9 Å². The van der Waals surface area contributed by atoms with E-state index < -0.39 is 26.3 Å². The molecule has 1 N–H and O–H groups in total. The predicted octanol–water partition coefficient (Wildman–Crippen LogP) is 3.10. The SMILES string of the molecule is CC(C)(C)C(=O)NCC(c1ccco1)S(=O)(=O)c1ccc(F)cc1. The fourth-order valence-electron chi connectivity index (χ4n) is 2.08. The molecule has 1 aromatic heterocycles. The molecule has 0 bridgehead atoms. The van der Waals surface area contributed by atoms with Crippen molar-refractivity contribution >= 4 is 15.7 Å². The van der Waals surface area contributed by atoms with E-state index in [1.54, 1.807) is 26.8 Å². The highest BCUT2D eigenvalue weighted by atomic mass is 32.2. The van der Waals surface area contributed by atoms with Crippen molar-refractivity contribution in [3.05, 3.63) is 54.2 Å². The number of hydrogen-bond acceptors (Lipinski definition) is 4. The Kier molecular flexibility index (Phi) is 5.13. The van der Waals surface area contributed by atoms with Gasteiger partial charge in [-0.25, -0.2) is 12.8 Å². The Morgan fingerprint density at radius 1 is 1.21 bits per heavy atom. The number of rotatable bonds is 5. The van der Waals surface area contributed by atoms with Gasteiger partial charge in [0.1, 0.15) is 16.8 Å². The lowest BCUT2D eigenvalue weighted by Crippen LogP contribution is -2.38. The van der Waals surface area contributed by atoms with Gasteiger partial charge in [-0.05, 0) is 36.4 Å². The van der Waals surface area contributed by atoms with Gasteiger partial charge in [0.25, 0.3) is 0 Å². The molecule has 130 valence electrons. The second-order valence-corrected chi connectivity index (χ2v) is 8.59. The molecule has 2 rings (SSSR count). The van der Waals surface area contributed by atoms with Crippen LogP contribution >= 0.6 is 0 Å². The summed E-state index contributed by atoms with van der Waals surface area (Å²) in [7, 11) is -3.86. The van der Waals surface area contributed by atoms with Crippen LogP contribution in [-0.2, 0) is 14.6 Å². The Bertz CT molecular complexity index is 790. The van der Waals surface area contributed by atoms with Gasteiger partial charge in [-0.2, -0.15) is 0 Å². The summed E-state index contributed by atoms with van der Waals surface area (Å²) in [6.07, 6.45) is 1.37. The van der Waals surface area contributed by atoms with Crippen molar-refractivity contribution in [2.75, 3.05) is 6.54 Å². The molecule has 1 aromatic carbocycles. The largest absolute Gasteiger partial charge is 0.468 e. The average molecular weight is 353 g/mol. The Hall–Kier alpha value is -2.15. The summed E-state index contributed by atoms with van der Waals surface area (Å²) in [5.41, 5.74) is -0.645. The number of nitrogens with one attached hydrogen (secondary N) is 1. The Balaban J connectivity index is 2.33. The fraction of sp³-hybridized carbons (Fsp3) is 0.353. The van der Waals surface area contributed by atoms with E-state index in [4.69, 9.17) is 4.42 Å². The van der Waals surface area contributed by atoms with Gasteiger partial charge in [-0.15, -0.1) is 0 Å². The van der Waals surface area contributed by atoms with Crippen LogP contribution in [0.1, 0.15) is 31.8 Å². The zero-order chi connectivity index (χ0) is 18.0. The number of hydrogen-bond donors (Lipinski definition) is 1. The molecule has 0 saturated heterocycles. The van der Waals surface area contributed by atoms with Gasteiger partial charge in [0.2, 0.25) is 5.91 Å². The molecule has 1 amide bonds. The number of carbonyl (C=O) groups excluding carboxylic acids is 1. The van der Waals surface area contributed by atoms with Crippen LogP contribution in [0.4, 0.5) is 4.39 Å². The molecule has 24 heavy (non-hydrogen) atoms. The molecule has 2 aromatic rings. The highest BCUT2D eigenvalue weighted by molar-refractivity contribution is 7.91. The number of sulfone groups is 1. The van der Waals surface area contributed by atoms with Gasteiger partial charge in [0, 0.05) is 12.0 Å². The van der Waals surface area contributed by atoms with Gasteiger partial charge in [-0.3, -0.25) is 4.79 Å². The highest BCUT2D eigenvalue weighted by Crippen LogP contribution is 2.29. The molecule has 7 heteroatoms. The predicted molar refractivity (Wildman–Crippen MR) is 87.5 cm³/mol. The van der Waals surface area contributed by atoms with E-state index in [0.29, 0.717) is 0 Å². The van der Waals surface area contributed by atoms with Crippen molar-refractivity contribution in [1.82, 2.24) is 5.32 Å². The van der Waals surface area contributed by atoms with E-state index in [1.807, 2.05) is 0 Å². The van der Waals surface area contributed by atoms with Crippen molar-refractivity contribution < 1.29 is 22.0 Å². The molecule has 0 fully saturated rings. The molecule has 0 aliphatic carbocycles. The zero-order valence-electron chi connectivity index (χ0n) is 13.7. The lowest BCUT2D eigenvalue weighted by atomic mass is 9.96. The van der Waals surface area contributed by atoms with E-state index in [0.717, 1.165) is 12.1 Å². The number of furan rings is 1. The van der Waals surface area contributed by atoms with E-state index in [9.17, 15) is 17.6 Å². The van der Waals surface area contributed by atoms with E-state index in [2.05, 4.69) is 5.32 Å². The molecule has 0 saturated carbocycles. The first kappa shape index (κ1) is 18.2. The molecule has 0 aliphatic rings. The van der Waals surface area contributed by atoms with Crippen LogP contribution in [0.2, 0.25) is 0 Å². The first-order valence-corrected chi connectivity index (χ1v) is 8.98. The summed E-state index contributed by atoms with van der Waals surface area (Å²) in [6, 6.07) is 7.68. The van der Waals surface area contributed by atoms with Crippen molar-refractivity contribution in [3.63, 3.8) is 0 Å². The highest BCUT2D eigenvalue weighted by Gasteiger charge is 2.33. The third kappa shape index (κ3) is 4.03. The van der Waals surface area contributed by atoms with E-state index in [1.165, 1.54) is 24.5 Å². The quantitative estimate of drug-likeness (QED) is 0.838. The summed E-state index contributed by atoms with van der Waals surface area (Å²) in [5.74, 6) is -0.577. The van der Waals surface area contributed by atoms with Gasteiger partial charge in [0.15, 0.2) is 9.84 Å². The van der Waals surface area contributed by atoms with Gasteiger partial charge in [-0.1, -0.05) is 20.8 Å². The molecule has 1 atom stereocenters. The van der Waals surface area contributed by atoms with E-state index in [-0.39, 0.29) is 23.1 Å². The number of carbonyl (C=O) groups is 1.